The first-order valence-corrected chi connectivity index (χ1v) is 10.1. The molecule has 4 nitrogen and oxygen atoms in total. The third-order valence-corrected chi connectivity index (χ3v) is 5.41. The van der Waals surface area contributed by atoms with Crippen LogP contribution in [0.3, 0.4) is 0 Å². The number of allylic oxidation sites excluding steroid dienone is 3. The predicted octanol–water partition coefficient (Wildman–Crippen LogP) is 6.08. The van der Waals surface area contributed by atoms with Gasteiger partial charge in [0.05, 0.1) is 16.9 Å². The van der Waals surface area contributed by atoms with Gasteiger partial charge in [0.1, 0.15) is 0 Å². The Morgan fingerprint density at radius 2 is 2.07 bits per heavy atom. The first-order chi connectivity index (χ1) is 14.2. The number of H-pyrrole nitrogens is 1. The lowest BCUT2D eigenvalue weighted by molar-refractivity contribution is 1.10. The largest absolute Gasteiger partial charge is 0.388 e. The van der Waals surface area contributed by atoms with Crippen LogP contribution in [0.5, 0.6) is 0 Å². The summed E-state index contributed by atoms with van der Waals surface area (Å²) >= 11 is 1.71. The maximum absolute atomic E-state index is 4.44. The Bertz CT molecular complexity index is 1120. The number of aromatic amines is 1. The van der Waals surface area contributed by atoms with E-state index in [2.05, 4.69) is 64.0 Å². The minimum Gasteiger partial charge on any atom is -0.388 e. The zero-order valence-corrected chi connectivity index (χ0v) is 17.5. The van der Waals surface area contributed by atoms with E-state index < -0.39 is 0 Å². The maximum Gasteiger partial charge on any atom is 0.0928 e. The number of benzene rings is 2. The van der Waals surface area contributed by atoms with Crippen LogP contribution in [0.25, 0.3) is 22.7 Å². The molecule has 1 aromatic heterocycles. The highest BCUT2D eigenvalue weighted by atomic mass is 32.2. The molecule has 0 radical (unpaired) electrons. The molecule has 146 valence electrons. The maximum atomic E-state index is 4.44. The minimum absolute atomic E-state index is 0.856. The van der Waals surface area contributed by atoms with Crippen LogP contribution in [0.4, 0.5) is 0 Å². The molecule has 2 N–H and O–H groups in total. The monoisotopic (exact) mass is 400 g/mol. The van der Waals surface area contributed by atoms with Crippen molar-refractivity contribution in [3.63, 3.8) is 0 Å². The lowest BCUT2D eigenvalue weighted by Crippen LogP contribution is -2.03. The summed E-state index contributed by atoms with van der Waals surface area (Å²) in [5.41, 5.74) is 4.74. The summed E-state index contributed by atoms with van der Waals surface area (Å²) in [7, 11) is 1.89. The highest BCUT2D eigenvalue weighted by molar-refractivity contribution is 7.99. The standard InChI is InChI=1S/C24H24N4S/c1-5-15-26-18(6-2)11-14-22-21-13-12-19(16-23(21)28-27-22)29-24-10-8-7-9-20(24)17(3)25-4/h5-16,25H,1,3H2,2,4H3,(H,27,28)/b14-11+,18-6-,26-15-. The Kier molecular flexibility index (Phi) is 6.87. The summed E-state index contributed by atoms with van der Waals surface area (Å²) < 4.78 is 0. The molecule has 3 aromatic rings. The number of rotatable bonds is 8. The fraction of sp³-hybridized carbons (Fsp3) is 0.0833. The molecule has 0 atom stereocenters. The topological polar surface area (TPSA) is 53.1 Å². The average Bonchev–Trinajstić information content (AvgIpc) is 3.16. The first kappa shape index (κ1) is 20.4. The van der Waals surface area contributed by atoms with E-state index in [4.69, 9.17) is 0 Å². The van der Waals surface area contributed by atoms with Gasteiger partial charge in [-0.3, -0.25) is 10.1 Å². The molecular formula is C24H24N4S. The second-order valence-electron chi connectivity index (χ2n) is 6.20. The molecule has 0 saturated carbocycles. The molecule has 29 heavy (non-hydrogen) atoms. The Balaban J connectivity index is 1.86. The Labute approximate surface area is 175 Å². The van der Waals surface area contributed by atoms with Gasteiger partial charge in [0.25, 0.3) is 0 Å². The van der Waals surface area contributed by atoms with Gasteiger partial charge < -0.3 is 5.32 Å². The smallest absolute Gasteiger partial charge is 0.0928 e. The van der Waals surface area contributed by atoms with Crippen LogP contribution in [0.15, 0.2) is 94.3 Å². The lowest BCUT2D eigenvalue weighted by Gasteiger charge is -2.11. The van der Waals surface area contributed by atoms with Crippen molar-refractivity contribution in [2.75, 3.05) is 7.05 Å². The van der Waals surface area contributed by atoms with Gasteiger partial charge in [-0.2, -0.15) is 5.10 Å². The molecule has 0 amide bonds. The van der Waals surface area contributed by atoms with E-state index in [1.54, 1.807) is 24.1 Å². The highest BCUT2D eigenvalue weighted by Gasteiger charge is 2.09. The van der Waals surface area contributed by atoms with E-state index in [1.807, 2.05) is 44.3 Å². The SMILES string of the molecule is C=C\C=N/C(=C\C)/C=C/c1n[nH]c2cc(Sc3ccccc3C(=C)NC)ccc12. The zero-order chi connectivity index (χ0) is 20.6. The fourth-order valence-electron chi connectivity index (χ4n) is 2.79. The normalized spacial score (nSPS) is 12.1. The summed E-state index contributed by atoms with van der Waals surface area (Å²) in [6.45, 7) is 9.69. The van der Waals surface area contributed by atoms with Crippen molar-refractivity contribution in [3.05, 3.63) is 90.8 Å². The second-order valence-corrected chi connectivity index (χ2v) is 7.32. The van der Waals surface area contributed by atoms with Crippen molar-refractivity contribution in [3.8, 4) is 0 Å². The van der Waals surface area contributed by atoms with Gasteiger partial charge in [-0.05, 0) is 43.3 Å². The first-order valence-electron chi connectivity index (χ1n) is 9.27. The van der Waals surface area contributed by atoms with E-state index in [1.165, 1.54) is 0 Å². The number of aromatic nitrogens is 2. The summed E-state index contributed by atoms with van der Waals surface area (Å²) in [6.07, 6.45) is 9.18. The molecular weight excluding hydrogens is 376 g/mol. The number of nitrogens with zero attached hydrogens (tertiary/aromatic N) is 2. The van der Waals surface area contributed by atoms with Gasteiger partial charge in [0.15, 0.2) is 0 Å². The van der Waals surface area contributed by atoms with E-state index in [0.717, 1.165) is 43.3 Å². The Hall–Kier alpha value is -3.31. The minimum atomic E-state index is 0.856. The van der Waals surface area contributed by atoms with Crippen molar-refractivity contribution in [2.24, 2.45) is 4.99 Å². The molecule has 2 aromatic carbocycles. The molecule has 0 spiro atoms. The molecule has 3 rings (SSSR count). The molecule has 0 bridgehead atoms. The second kappa shape index (κ2) is 9.75. The van der Waals surface area contributed by atoms with Crippen LogP contribution in [0, 0.1) is 0 Å². The number of hydrogen-bond donors (Lipinski definition) is 2. The van der Waals surface area contributed by atoms with Gasteiger partial charge in [0, 0.05) is 39.7 Å². The number of aliphatic imine (C=N–C) groups is 1. The molecule has 0 unspecified atom stereocenters. The van der Waals surface area contributed by atoms with Gasteiger partial charge in [-0.25, -0.2) is 0 Å². The van der Waals surface area contributed by atoms with E-state index in [0.29, 0.717) is 0 Å². The lowest BCUT2D eigenvalue weighted by atomic mass is 10.2. The van der Waals surface area contributed by atoms with Crippen LogP contribution in [-0.2, 0) is 0 Å². The van der Waals surface area contributed by atoms with Gasteiger partial charge in [-0.1, -0.05) is 55.3 Å². The number of nitrogens with one attached hydrogen (secondary N) is 2. The summed E-state index contributed by atoms with van der Waals surface area (Å²) in [5, 5.41) is 11.8. The summed E-state index contributed by atoms with van der Waals surface area (Å²) in [6, 6.07) is 14.6. The van der Waals surface area contributed by atoms with Crippen LogP contribution < -0.4 is 5.32 Å². The van der Waals surface area contributed by atoms with Crippen molar-refractivity contribution >= 4 is 40.7 Å². The number of fused-ring (bicyclic) bond motifs is 1. The van der Waals surface area contributed by atoms with Gasteiger partial charge in [0.2, 0.25) is 0 Å². The van der Waals surface area contributed by atoms with Crippen LogP contribution in [0.2, 0.25) is 0 Å². The van der Waals surface area contributed by atoms with Crippen molar-refractivity contribution in [1.29, 1.82) is 0 Å². The fourth-order valence-corrected chi connectivity index (χ4v) is 3.81. The van der Waals surface area contributed by atoms with Gasteiger partial charge in [-0.15, -0.1) is 0 Å². The van der Waals surface area contributed by atoms with E-state index >= 15 is 0 Å². The third kappa shape index (κ3) is 4.95. The summed E-state index contributed by atoms with van der Waals surface area (Å²) in [4.78, 5) is 6.60. The van der Waals surface area contributed by atoms with Gasteiger partial charge >= 0.3 is 0 Å². The van der Waals surface area contributed by atoms with Crippen LogP contribution in [-0.4, -0.2) is 23.5 Å². The molecule has 0 aliphatic carbocycles. The summed E-state index contributed by atoms with van der Waals surface area (Å²) in [5.74, 6) is 0. The predicted molar refractivity (Wildman–Crippen MR) is 126 cm³/mol. The third-order valence-electron chi connectivity index (χ3n) is 4.34. The number of hydrogen-bond acceptors (Lipinski definition) is 4. The molecule has 0 saturated heterocycles. The molecule has 0 aliphatic heterocycles. The van der Waals surface area contributed by atoms with E-state index in [9.17, 15) is 0 Å². The van der Waals surface area contributed by atoms with Crippen molar-refractivity contribution in [1.82, 2.24) is 15.5 Å². The average molecular weight is 401 g/mol. The Morgan fingerprint density at radius 3 is 2.83 bits per heavy atom. The van der Waals surface area contributed by atoms with Crippen molar-refractivity contribution in [2.45, 2.75) is 16.7 Å². The highest BCUT2D eigenvalue weighted by Crippen LogP contribution is 2.34. The quantitative estimate of drug-likeness (QED) is 0.356. The van der Waals surface area contributed by atoms with E-state index in [-0.39, 0.29) is 0 Å². The molecule has 0 aliphatic rings. The molecule has 0 fully saturated rings. The van der Waals surface area contributed by atoms with Crippen molar-refractivity contribution < 1.29 is 0 Å². The zero-order valence-electron chi connectivity index (χ0n) is 16.6. The molecule has 5 heteroatoms. The Morgan fingerprint density at radius 1 is 1.24 bits per heavy atom. The van der Waals surface area contributed by atoms with Crippen LogP contribution in [0.1, 0.15) is 18.2 Å². The van der Waals surface area contributed by atoms with Crippen LogP contribution >= 0.6 is 11.8 Å². The molecule has 1 heterocycles.